The van der Waals surface area contributed by atoms with Crippen LogP contribution < -0.4 is 10.5 Å². The molecule has 0 aliphatic heterocycles. The van der Waals surface area contributed by atoms with Crippen molar-refractivity contribution in [2.24, 2.45) is 5.73 Å². The number of aromatic nitrogens is 1. The summed E-state index contributed by atoms with van der Waals surface area (Å²) in [5, 5.41) is 0. The third-order valence-electron chi connectivity index (χ3n) is 3.17. The lowest BCUT2D eigenvalue weighted by molar-refractivity contribution is 0.295. The zero-order valence-electron chi connectivity index (χ0n) is 12.7. The number of halogens is 1. The Balaban J connectivity index is 2.22. The van der Waals surface area contributed by atoms with Gasteiger partial charge in [0.05, 0.1) is 5.69 Å². The Morgan fingerprint density at radius 3 is 2.71 bits per heavy atom. The molecule has 1 aromatic carbocycles. The third-order valence-corrected chi connectivity index (χ3v) is 3.63. The van der Waals surface area contributed by atoms with E-state index in [2.05, 4.69) is 40.0 Å². The number of benzene rings is 1. The van der Waals surface area contributed by atoms with Gasteiger partial charge in [-0.15, -0.1) is 0 Å². The largest absolute Gasteiger partial charge is 0.487 e. The summed E-state index contributed by atoms with van der Waals surface area (Å²) < 4.78 is 7.08. The van der Waals surface area contributed by atoms with Crippen molar-refractivity contribution in [3.05, 3.63) is 57.3 Å². The first kappa shape index (κ1) is 16.0. The summed E-state index contributed by atoms with van der Waals surface area (Å²) in [5.41, 5.74) is 10.1. The van der Waals surface area contributed by atoms with Gasteiger partial charge in [0.25, 0.3) is 0 Å². The van der Waals surface area contributed by atoms with E-state index in [1.807, 2.05) is 32.0 Å². The Morgan fingerprint density at radius 2 is 2.05 bits per heavy atom. The molecule has 2 rings (SSSR count). The van der Waals surface area contributed by atoms with E-state index in [1.54, 1.807) is 0 Å². The van der Waals surface area contributed by atoms with Gasteiger partial charge in [-0.1, -0.05) is 22.0 Å². The smallest absolute Gasteiger partial charge is 0.130 e. The van der Waals surface area contributed by atoms with E-state index >= 15 is 0 Å². The zero-order chi connectivity index (χ0) is 15.4. The number of nitrogens with two attached hydrogens (primary N) is 1. The maximum Gasteiger partial charge on any atom is 0.130 e. The van der Waals surface area contributed by atoms with Crippen LogP contribution in [0.25, 0.3) is 0 Å². The summed E-state index contributed by atoms with van der Waals surface area (Å²) in [4.78, 5) is 4.47. The van der Waals surface area contributed by atoms with Crippen molar-refractivity contribution in [2.75, 3.05) is 0 Å². The molecule has 1 heterocycles. The molecule has 0 radical (unpaired) electrons. The summed E-state index contributed by atoms with van der Waals surface area (Å²) in [6.45, 7) is 6.50. The lowest BCUT2D eigenvalue weighted by atomic mass is 10.0. The van der Waals surface area contributed by atoms with E-state index in [9.17, 15) is 0 Å². The minimum Gasteiger partial charge on any atom is -0.487 e. The molecule has 0 fully saturated rings. The van der Waals surface area contributed by atoms with Crippen molar-refractivity contribution in [1.29, 1.82) is 0 Å². The van der Waals surface area contributed by atoms with Crippen LogP contribution in [0, 0.1) is 13.8 Å². The van der Waals surface area contributed by atoms with Gasteiger partial charge in [-0.05, 0) is 62.6 Å². The summed E-state index contributed by atoms with van der Waals surface area (Å²) in [7, 11) is 0. The van der Waals surface area contributed by atoms with Crippen LogP contribution in [-0.2, 0) is 13.0 Å². The molecular formula is C17H21BrN2O. The maximum atomic E-state index is 6.03. The van der Waals surface area contributed by atoms with Crippen molar-refractivity contribution in [1.82, 2.24) is 4.98 Å². The van der Waals surface area contributed by atoms with Crippen molar-refractivity contribution in [2.45, 2.75) is 39.8 Å². The summed E-state index contributed by atoms with van der Waals surface area (Å²) in [6.07, 6.45) is 0.789. The summed E-state index contributed by atoms with van der Waals surface area (Å²) >= 11 is 3.53. The number of rotatable bonds is 5. The van der Waals surface area contributed by atoms with Crippen molar-refractivity contribution in [3.8, 4) is 5.75 Å². The molecule has 2 aromatic rings. The normalized spacial score (nSPS) is 12.2. The first-order valence-electron chi connectivity index (χ1n) is 7.05. The Morgan fingerprint density at radius 1 is 1.29 bits per heavy atom. The van der Waals surface area contributed by atoms with Crippen molar-refractivity contribution in [3.63, 3.8) is 0 Å². The van der Waals surface area contributed by atoms with E-state index in [0.29, 0.717) is 6.61 Å². The summed E-state index contributed by atoms with van der Waals surface area (Å²) in [5.74, 6) is 0.916. The van der Waals surface area contributed by atoms with E-state index in [0.717, 1.165) is 39.2 Å². The topological polar surface area (TPSA) is 48.1 Å². The second kappa shape index (κ2) is 7.05. The van der Waals surface area contributed by atoms with E-state index in [-0.39, 0.29) is 6.04 Å². The monoisotopic (exact) mass is 348 g/mol. The van der Waals surface area contributed by atoms with Gasteiger partial charge in [0.1, 0.15) is 12.4 Å². The van der Waals surface area contributed by atoms with Crippen LogP contribution in [0.1, 0.15) is 29.4 Å². The highest BCUT2D eigenvalue weighted by Gasteiger charge is 2.11. The third kappa shape index (κ3) is 4.55. The molecule has 0 aliphatic carbocycles. The van der Waals surface area contributed by atoms with Gasteiger partial charge in [-0.2, -0.15) is 0 Å². The maximum absolute atomic E-state index is 6.03. The Bertz CT molecular complexity index is 626. The van der Waals surface area contributed by atoms with E-state index in [4.69, 9.17) is 10.5 Å². The molecule has 21 heavy (non-hydrogen) atoms. The van der Waals surface area contributed by atoms with Gasteiger partial charge in [0, 0.05) is 16.2 Å². The predicted octanol–water partition coefficient (Wildman–Crippen LogP) is 3.93. The number of hydrogen-bond acceptors (Lipinski definition) is 3. The predicted molar refractivity (Wildman–Crippen MR) is 89.5 cm³/mol. The molecule has 0 saturated carbocycles. The van der Waals surface area contributed by atoms with Crippen molar-refractivity contribution >= 4 is 15.9 Å². The summed E-state index contributed by atoms with van der Waals surface area (Å²) in [6, 6.07) is 10.2. The minimum atomic E-state index is 0.0955. The second-order valence-corrected chi connectivity index (χ2v) is 6.37. The number of pyridine rings is 1. The molecule has 1 unspecified atom stereocenters. The molecule has 2 N–H and O–H groups in total. The first-order valence-corrected chi connectivity index (χ1v) is 7.85. The number of aryl methyl sites for hydroxylation is 2. The number of hydrogen-bond donors (Lipinski definition) is 1. The van der Waals surface area contributed by atoms with Crippen LogP contribution in [-0.4, -0.2) is 11.0 Å². The second-order valence-electron chi connectivity index (χ2n) is 5.45. The van der Waals surface area contributed by atoms with E-state index < -0.39 is 0 Å². The highest BCUT2D eigenvalue weighted by Crippen LogP contribution is 2.29. The van der Waals surface area contributed by atoms with E-state index in [1.165, 1.54) is 0 Å². The Labute approximate surface area is 134 Å². The highest BCUT2D eigenvalue weighted by atomic mass is 79.9. The first-order chi connectivity index (χ1) is 9.95. The van der Waals surface area contributed by atoms with Gasteiger partial charge in [0.15, 0.2) is 0 Å². The van der Waals surface area contributed by atoms with Crippen LogP contribution in [0.5, 0.6) is 5.75 Å². The fraction of sp³-hybridized carbons (Fsp3) is 0.353. The highest BCUT2D eigenvalue weighted by molar-refractivity contribution is 9.10. The van der Waals surface area contributed by atoms with Crippen LogP contribution in [0.15, 0.2) is 34.8 Å². The number of ether oxygens (including phenoxy) is 1. The zero-order valence-corrected chi connectivity index (χ0v) is 14.3. The molecule has 0 spiro atoms. The van der Waals surface area contributed by atoms with Gasteiger partial charge in [0.2, 0.25) is 0 Å². The van der Waals surface area contributed by atoms with Crippen molar-refractivity contribution < 1.29 is 4.74 Å². The molecule has 0 saturated heterocycles. The Kier molecular flexibility index (Phi) is 5.37. The average Bonchev–Trinajstić information content (AvgIpc) is 2.36. The average molecular weight is 349 g/mol. The molecule has 4 heteroatoms. The van der Waals surface area contributed by atoms with Gasteiger partial charge < -0.3 is 10.5 Å². The lowest BCUT2D eigenvalue weighted by Crippen LogP contribution is -2.18. The van der Waals surface area contributed by atoms with Crippen LogP contribution >= 0.6 is 15.9 Å². The molecule has 112 valence electrons. The lowest BCUT2D eigenvalue weighted by Gasteiger charge is -2.16. The fourth-order valence-corrected chi connectivity index (χ4v) is 2.95. The van der Waals surface area contributed by atoms with Crippen LogP contribution in [0.4, 0.5) is 0 Å². The minimum absolute atomic E-state index is 0.0955. The van der Waals surface area contributed by atoms with Gasteiger partial charge >= 0.3 is 0 Å². The molecule has 1 atom stereocenters. The standard InChI is InChI=1S/C17H21BrN2O/c1-11-7-15(18)9-14(8-12(2)19)17(11)21-10-16-6-4-5-13(3)20-16/h4-7,9,12H,8,10,19H2,1-3H3. The quantitative estimate of drug-likeness (QED) is 0.890. The van der Waals surface area contributed by atoms with Crippen LogP contribution in [0.3, 0.4) is 0 Å². The van der Waals surface area contributed by atoms with Crippen LogP contribution in [0.2, 0.25) is 0 Å². The molecule has 0 amide bonds. The van der Waals surface area contributed by atoms with Gasteiger partial charge in [-0.3, -0.25) is 4.98 Å². The molecule has 0 aliphatic rings. The Hall–Kier alpha value is -1.39. The SMILES string of the molecule is Cc1cccc(COc2c(C)cc(Br)cc2CC(C)N)n1. The fourth-order valence-electron chi connectivity index (χ4n) is 2.33. The molecule has 1 aromatic heterocycles. The van der Waals surface area contributed by atoms with Gasteiger partial charge in [-0.25, -0.2) is 0 Å². The molecule has 0 bridgehead atoms. The molecule has 3 nitrogen and oxygen atoms in total. The molecular weight excluding hydrogens is 328 g/mol. The number of nitrogens with zero attached hydrogens (tertiary/aromatic N) is 1.